The summed E-state index contributed by atoms with van der Waals surface area (Å²) in [6, 6.07) is 11.3. The third-order valence-electron chi connectivity index (χ3n) is 12.8. The Morgan fingerprint density at radius 1 is 0.735 bits per heavy atom. The van der Waals surface area contributed by atoms with Crippen molar-refractivity contribution in [3.05, 3.63) is 73.3 Å². The topological polar surface area (TPSA) is 126 Å². The number of benzene rings is 2. The van der Waals surface area contributed by atoms with Crippen LogP contribution in [0.3, 0.4) is 0 Å². The molecule has 2 fully saturated rings. The lowest BCUT2D eigenvalue weighted by molar-refractivity contribution is -0.226. The maximum atomic E-state index is 16.2. The van der Waals surface area contributed by atoms with Crippen LogP contribution in [0.25, 0.3) is 10.2 Å². The molecule has 1 aromatic heterocycles. The molecule has 0 N–H and O–H groups in total. The molecule has 16 heteroatoms. The normalized spacial score (nSPS) is 18.8. The van der Waals surface area contributed by atoms with Crippen molar-refractivity contribution in [2.75, 3.05) is 31.4 Å². The predicted octanol–water partition coefficient (Wildman–Crippen LogP) is 13.4. The van der Waals surface area contributed by atoms with E-state index in [1.54, 1.807) is 5.01 Å². The van der Waals surface area contributed by atoms with Crippen LogP contribution >= 0.6 is 11.3 Å². The van der Waals surface area contributed by atoms with Crippen molar-refractivity contribution in [3.8, 4) is 11.5 Å². The molecule has 0 bridgehead atoms. The van der Waals surface area contributed by atoms with Crippen molar-refractivity contribution in [2.24, 2.45) is 28.8 Å². The molecule has 0 unspecified atom stereocenters. The van der Waals surface area contributed by atoms with E-state index in [0.29, 0.717) is 69.0 Å². The lowest BCUT2D eigenvalue weighted by Gasteiger charge is -2.34. The molecule has 0 amide bonds. The van der Waals surface area contributed by atoms with Crippen molar-refractivity contribution in [1.82, 2.24) is 4.98 Å². The average molecular weight is 972 g/mol. The molecule has 2 aliphatic carbocycles. The fraction of sp³-hybridized carbons (Fsp3) is 0.596. The van der Waals surface area contributed by atoms with E-state index in [-0.39, 0.29) is 62.6 Å². The number of ether oxygens (including phenoxy) is 5. The minimum Gasteiger partial charge on any atom is -0.465 e. The van der Waals surface area contributed by atoms with Gasteiger partial charge in [-0.25, -0.2) is 19.6 Å². The monoisotopic (exact) mass is 971 g/mol. The van der Waals surface area contributed by atoms with Gasteiger partial charge in [-0.05, 0) is 120 Å². The fourth-order valence-electron chi connectivity index (χ4n) is 8.72. The van der Waals surface area contributed by atoms with Crippen molar-refractivity contribution in [3.63, 3.8) is 0 Å². The molecule has 0 aliphatic heterocycles. The van der Waals surface area contributed by atoms with Crippen LogP contribution in [-0.4, -0.2) is 67.7 Å². The predicted molar refractivity (Wildman–Crippen MR) is 257 cm³/mol. The van der Waals surface area contributed by atoms with Gasteiger partial charge in [0.25, 0.3) is 0 Å². The number of aromatic nitrogens is 1. The Hall–Kier alpha value is -4.99. The zero-order valence-corrected chi connectivity index (χ0v) is 40.3. The highest BCUT2D eigenvalue weighted by molar-refractivity contribution is 7.22. The van der Waals surface area contributed by atoms with Crippen LogP contribution in [0.15, 0.2) is 72.9 Å². The third-order valence-corrected chi connectivity index (χ3v) is 13.8. The number of alkyl halides is 4. The zero-order valence-electron chi connectivity index (χ0n) is 39.5. The molecule has 2 aromatic carbocycles. The number of carbonyl (C=O) groups excluding carboxylic acids is 3. The lowest BCUT2D eigenvalue weighted by Crippen LogP contribution is -2.38. The summed E-state index contributed by atoms with van der Waals surface area (Å²) in [5.74, 6) is -4.29. The van der Waals surface area contributed by atoms with E-state index >= 15 is 17.6 Å². The molecule has 1 heterocycles. The van der Waals surface area contributed by atoms with Gasteiger partial charge < -0.3 is 23.7 Å². The van der Waals surface area contributed by atoms with Crippen LogP contribution in [0.2, 0.25) is 0 Å². The summed E-state index contributed by atoms with van der Waals surface area (Å²) in [4.78, 5) is 40.2. The highest BCUT2D eigenvalue weighted by atomic mass is 32.1. The number of nitrogens with zero attached hydrogens (tertiary/aromatic N) is 3. The summed E-state index contributed by atoms with van der Waals surface area (Å²) >= 11 is 1.40. The van der Waals surface area contributed by atoms with Gasteiger partial charge in [-0.3, -0.25) is 4.79 Å². The van der Waals surface area contributed by atoms with Gasteiger partial charge in [0.2, 0.25) is 5.13 Å². The van der Waals surface area contributed by atoms with Crippen molar-refractivity contribution in [2.45, 2.75) is 148 Å². The van der Waals surface area contributed by atoms with Crippen molar-refractivity contribution >= 4 is 50.8 Å². The minimum absolute atomic E-state index is 0.00964. The molecule has 374 valence electrons. The summed E-state index contributed by atoms with van der Waals surface area (Å²) in [6.07, 6.45) is 9.45. The van der Waals surface area contributed by atoms with Crippen LogP contribution in [0.1, 0.15) is 141 Å². The smallest absolute Gasteiger partial charge is 0.400 e. The number of rotatable bonds is 30. The number of anilines is 1. The number of hydrazone groups is 1. The van der Waals surface area contributed by atoms with Crippen LogP contribution < -0.4 is 14.5 Å². The molecule has 0 spiro atoms. The summed E-state index contributed by atoms with van der Waals surface area (Å²) in [6.45, 7) is 9.87. The summed E-state index contributed by atoms with van der Waals surface area (Å²) in [5.41, 5.74) is 0.766. The molecule has 0 saturated heterocycles. The largest absolute Gasteiger partial charge is 0.465 e. The maximum absolute atomic E-state index is 16.2. The second-order valence-corrected chi connectivity index (χ2v) is 18.9. The number of carbonyl (C=O) groups is 3. The Labute approximate surface area is 402 Å². The van der Waals surface area contributed by atoms with E-state index in [1.807, 2.05) is 24.3 Å². The van der Waals surface area contributed by atoms with E-state index in [9.17, 15) is 14.4 Å². The number of hydrogen-bond acceptors (Lipinski definition) is 12. The Bertz CT molecular complexity index is 2050. The Morgan fingerprint density at radius 2 is 1.32 bits per heavy atom. The second kappa shape index (κ2) is 27.9. The first-order valence-corrected chi connectivity index (χ1v) is 25.3. The first-order chi connectivity index (χ1) is 32.8. The molecule has 68 heavy (non-hydrogen) atoms. The Morgan fingerprint density at radius 3 is 1.99 bits per heavy atom. The third kappa shape index (κ3) is 17.5. The number of esters is 3. The number of fused-ring (bicyclic) bond motifs is 1. The number of thiazole rings is 1. The molecule has 2 aliphatic rings. The van der Waals surface area contributed by atoms with Gasteiger partial charge in [-0.1, -0.05) is 88.5 Å². The van der Waals surface area contributed by atoms with Crippen molar-refractivity contribution < 1.29 is 55.6 Å². The number of unbranched alkanes of at least 4 members (excludes halogenated alkanes) is 8. The number of halogens is 4. The summed E-state index contributed by atoms with van der Waals surface area (Å²) in [5, 5.41) is 6.93. The minimum atomic E-state index is -3.69. The fourth-order valence-corrected chi connectivity index (χ4v) is 9.67. The van der Waals surface area contributed by atoms with Crippen LogP contribution in [0.5, 0.6) is 11.5 Å². The van der Waals surface area contributed by atoms with Crippen LogP contribution in [0.4, 0.5) is 22.7 Å². The van der Waals surface area contributed by atoms with E-state index < -0.39 is 47.9 Å². The average Bonchev–Trinajstić information content (AvgIpc) is 3.78. The van der Waals surface area contributed by atoms with Crippen LogP contribution in [0, 0.1) is 23.7 Å². The van der Waals surface area contributed by atoms with E-state index in [0.717, 1.165) is 54.5 Å². The standard InChI is InChI=1S/C52H69F4N3O8S/c1-4-7-8-9-12-19-38-22-26-41(27-23-38)51(53,54)66-43-30-31-45(67-52(55,56)42-28-24-39(25-29-42)49(62)65-35-18-17-34-64-48(61)6-3)40(36-43)37-57-59(32-15-10-11-16-33-63-47(60)5-2)50-58-44-20-13-14-21-46(44)68-50/h5-6,13-14,20-21,30-31,36-39,41-42H,2-4,7-12,15-19,22-29,32-35H2,1H3/b57-37+. The molecule has 3 aromatic rings. The van der Waals surface area contributed by atoms with Gasteiger partial charge >= 0.3 is 30.1 Å². The van der Waals surface area contributed by atoms with E-state index in [2.05, 4.69) is 20.1 Å². The zero-order chi connectivity index (χ0) is 48.8. The van der Waals surface area contributed by atoms with Gasteiger partial charge in [0.05, 0.1) is 54.0 Å². The van der Waals surface area contributed by atoms with Crippen molar-refractivity contribution in [1.29, 1.82) is 0 Å². The van der Waals surface area contributed by atoms with Gasteiger partial charge in [-0.15, -0.1) is 0 Å². The highest BCUT2D eigenvalue weighted by Crippen LogP contribution is 2.44. The Balaban J connectivity index is 1.29. The van der Waals surface area contributed by atoms with E-state index in [1.165, 1.54) is 55.0 Å². The second-order valence-electron chi connectivity index (χ2n) is 17.9. The molecule has 2 saturated carbocycles. The molecular weight excluding hydrogens is 903 g/mol. The quantitative estimate of drug-likeness (QED) is 0.0121. The maximum Gasteiger partial charge on any atom is 0.400 e. The van der Waals surface area contributed by atoms with Crippen LogP contribution in [-0.2, 0) is 28.6 Å². The molecule has 0 atom stereocenters. The Kier molecular flexibility index (Phi) is 22.1. The first kappa shape index (κ1) is 54.0. The van der Waals surface area contributed by atoms with Gasteiger partial charge in [-0.2, -0.15) is 22.7 Å². The van der Waals surface area contributed by atoms with E-state index in [4.69, 9.17) is 33.8 Å². The number of para-hydroxylation sites is 1. The summed E-state index contributed by atoms with van der Waals surface area (Å²) < 4.78 is 91.6. The number of hydrogen-bond donors (Lipinski definition) is 0. The molecule has 0 radical (unpaired) electrons. The van der Waals surface area contributed by atoms with Gasteiger partial charge in [0.1, 0.15) is 11.5 Å². The molecule has 5 rings (SSSR count). The SMILES string of the molecule is C=CC(=O)OCCCCCCN(/N=C/c1cc(OC(F)(F)C2CCC(CCCCCCC)CC2)ccc1OC(F)(F)C1CCC(C(=O)OCCCCOC(=O)C=C)CC1)c1nc2ccccc2s1. The summed E-state index contributed by atoms with van der Waals surface area (Å²) in [7, 11) is 0. The lowest BCUT2D eigenvalue weighted by atomic mass is 9.79. The highest BCUT2D eigenvalue weighted by Gasteiger charge is 2.46. The molecule has 11 nitrogen and oxygen atoms in total. The molecular formula is C52H69F4N3O8S. The van der Waals surface area contributed by atoms with Gasteiger partial charge in [0, 0.05) is 24.3 Å². The first-order valence-electron chi connectivity index (χ1n) is 24.5. The van der Waals surface area contributed by atoms with Gasteiger partial charge in [0.15, 0.2) is 0 Å².